The Morgan fingerprint density at radius 1 is 1.21 bits per heavy atom. The topological polar surface area (TPSA) is 32.3 Å². The molecule has 0 unspecified atom stereocenters. The van der Waals surface area contributed by atoms with Crippen molar-refractivity contribution in [2.45, 2.75) is 46.5 Å². The number of nitrogens with one attached hydrogen (secondary N) is 1. The third-order valence-corrected chi connectivity index (χ3v) is 3.77. The number of hydrogen-bond acceptors (Lipinski definition) is 4. The fourth-order valence-electron chi connectivity index (χ4n) is 2.36. The quantitative estimate of drug-likeness (QED) is 0.779. The lowest BCUT2D eigenvalue weighted by Gasteiger charge is -2.26. The predicted molar refractivity (Wildman–Crippen MR) is 85.5 cm³/mol. The van der Waals surface area contributed by atoms with Crippen molar-refractivity contribution < 1.29 is 0 Å². The van der Waals surface area contributed by atoms with Gasteiger partial charge in [-0.15, -0.1) is 0 Å². The first-order chi connectivity index (χ1) is 8.82. The van der Waals surface area contributed by atoms with Crippen LogP contribution in [-0.2, 0) is 5.41 Å². The van der Waals surface area contributed by atoms with Crippen LogP contribution in [0.1, 0.15) is 46.6 Å². The standard InChI is InChI=1S/C15H26N2OS/c1-6-9-17(7-2)10-8-16-12-11(15(3,4)5)13(18)14(12)19/h16H,6-10H2,1-5H3. The molecule has 0 aliphatic heterocycles. The van der Waals surface area contributed by atoms with Crippen LogP contribution in [0.5, 0.6) is 0 Å². The zero-order chi connectivity index (χ0) is 14.6. The second-order valence-corrected chi connectivity index (χ2v) is 6.43. The van der Waals surface area contributed by atoms with E-state index in [1.54, 1.807) is 0 Å². The lowest BCUT2D eigenvalue weighted by atomic mass is 9.83. The van der Waals surface area contributed by atoms with Crippen LogP contribution < -0.4 is 10.7 Å². The summed E-state index contributed by atoms with van der Waals surface area (Å²) in [6.07, 6.45) is 1.17. The third-order valence-electron chi connectivity index (χ3n) is 3.38. The average Bonchev–Trinajstić information content (AvgIpc) is 2.34. The molecule has 3 nitrogen and oxygen atoms in total. The fourth-order valence-corrected chi connectivity index (χ4v) is 2.64. The molecule has 0 aliphatic carbocycles. The van der Waals surface area contributed by atoms with Crippen LogP contribution >= 0.6 is 12.2 Å². The molecule has 0 bridgehead atoms. The number of hydrogen-bond donors (Lipinski definition) is 1. The Morgan fingerprint density at radius 3 is 2.32 bits per heavy atom. The molecule has 4 heteroatoms. The summed E-state index contributed by atoms with van der Waals surface area (Å²) in [7, 11) is 0. The van der Waals surface area contributed by atoms with Crippen LogP contribution in [-0.4, -0.2) is 31.1 Å². The highest BCUT2D eigenvalue weighted by atomic mass is 32.1. The number of anilines is 1. The van der Waals surface area contributed by atoms with Gasteiger partial charge in [0.2, 0.25) is 5.43 Å². The monoisotopic (exact) mass is 282 g/mol. The van der Waals surface area contributed by atoms with Crippen molar-refractivity contribution in [1.82, 2.24) is 4.90 Å². The van der Waals surface area contributed by atoms with E-state index in [-0.39, 0.29) is 10.8 Å². The van der Waals surface area contributed by atoms with Crippen LogP contribution in [0, 0.1) is 4.51 Å². The summed E-state index contributed by atoms with van der Waals surface area (Å²) in [4.78, 5) is 14.2. The van der Waals surface area contributed by atoms with E-state index in [1.165, 1.54) is 6.42 Å². The van der Waals surface area contributed by atoms with Crippen LogP contribution in [0.4, 0.5) is 5.69 Å². The van der Waals surface area contributed by atoms with Gasteiger partial charge in [0.15, 0.2) is 0 Å². The van der Waals surface area contributed by atoms with E-state index in [0.717, 1.165) is 37.4 Å². The van der Waals surface area contributed by atoms with Gasteiger partial charge >= 0.3 is 0 Å². The molecule has 0 spiro atoms. The summed E-state index contributed by atoms with van der Waals surface area (Å²) >= 11 is 5.15. The van der Waals surface area contributed by atoms with Gasteiger partial charge in [-0.3, -0.25) is 4.79 Å². The van der Waals surface area contributed by atoms with Crippen molar-refractivity contribution in [2.24, 2.45) is 0 Å². The Bertz CT molecular complexity index is 481. The largest absolute Gasteiger partial charge is 0.382 e. The first kappa shape index (κ1) is 16.3. The molecule has 1 N–H and O–H groups in total. The smallest absolute Gasteiger partial charge is 0.204 e. The van der Waals surface area contributed by atoms with Crippen molar-refractivity contribution in [3.63, 3.8) is 0 Å². The molecule has 0 radical (unpaired) electrons. The molecule has 19 heavy (non-hydrogen) atoms. The van der Waals surface area contributed by atoms with E-state index >= 15 is 0 Å². The summed E-state index contributed by atoms with van der Waals surface area (Å²) in [6, 6.07) is 0. The van der Waals surface area contributed by atoms with Crippen LogP contribution in [0.15, 0.2) is 4.79 Å². The van der Waals surface area contributed by atoms with Crippen LogP contribution in [0.3, 0.4) is 0 Å². The minimum absolute atomic E-state index is 0.0471. The normalized spacial score (nSPS) is 12.3. The molecule has 1 aromatic rings. The Hall–Kier alpha value is -0.740. The lowest BCUT2D eigenvalue weighted by molar-refractivity contribution is 0.300. The highest BCUT2D eigenvalue weighted by molar-refractivity contribution is 7.71. The average molecular weight is 282 g/mol. The van der Waals surface area contributed by atoms with Gasteiger partial charge in [-0.1, -0.05) is 46.8 Å². The van der Waals surface area contributed by atoms with E-state index in [2.05, 4.69) is 44.8 Å². The Morgan fingerprint density at radius 2 is 1.84 bits per heavy atom. The van der Waals surface area contributed by atoms with E-state index in [9.17, 15) is 4.79 Å². The summed E-state index contributed by atoms with van der Waals surface area (Å²) in [5.74, 6) is 0. The third kappa shape index (κ3) is 3.86. The van der Waals surface area contributed by atoms with E-state index in [1.807, 2.05) is 0 Å². The molecule has 0 saturated carbocycles. The maximum absolute atomic E-state index is 11.8. The zero-order valence-corrected chi connectivity index (χ0v) is 13.6. The van der Waals surface area contributed by atoms with Gasteiger partial charge in [-0.25, -0.2) is 0 Å². The SMILES string of the molecule is CCCN(CC)CCNc1c(C(C)(C)C)c(=O)c1=S. The maximum atomic E-state index is 11.8. The van der Waals surface area contributed by atoms with Gasteiger partial charge in [-0.2, -0.15) is 0 Å². The molecular formula is C15H26N2OS. The number of nitrogens with zero attached hydrogens (tertiary/aromatic N) is 1. The molecule has 0 heterocycles. The first-order valence-corrected chi connectivity index (χ1v) is 7.53. The van der Waals surface area contributed by atoms with Crippen LogP contribution in [0.2, 0.25) is 0 Å². The molecule has 0 saturated heterocycles. The maximum Gasteiger partial charge on any atom is 0.204 e. The molecule has 0 amide bonds. The van der Waals surface area contributed by atoms with Crippen molar-refractivity contribution in [3.05, 3.63) is 20.3 Å². The van der Waals surface area contributed by atoms with Gasteiger partial charge in [0.25, 0.3) is 0 Å². The molecule has 1 aromatic carbocycles. The molecule has 1 rings (SSSR count). The predicted octanol–water partition coefficient (Wildman–Crippen LogP) is 3.09. The Balaban J connectivity index is 2.63. The van der Waals surface area contributed by atoms with Crippen molar-refractivity contribution in [2.75, 3.05) is 31.5 Å². The van der Waals surface area contributed by atoms with Crippen molar-refractivity contribution in [3.8, 4) is 0 Å². The van der Waals surface area contributed by atoms with E-state index in [4.69, 9.17) is 12.2 Å². The fraction of sp³-hybridized carbons (Fsp3) is 0.733. The number of likely N-dealkylation sites (N-methyl/N-ethyl adjacent to an activating group) is 1. The van der Waals surface area contributed by atoms with Crippen molar-refractivity contribution in [1.29, 1.82) is 0 Å². The van der Waals surface area contributed by atoms with Crippen LogP contribution in [0.25, 0.3) is 0 Å². The molecular weight excluding hydrogens is 256 g/mol. The van der Waals surface area contributed by atoms with Gasteiger partial charge in [0.05, 0.1) is 5.69 Å². The van der Waals surface area contributed by atoms with E-state index < -0.39 is 0 Å². The Labute approximate surface area is 121 Å². The molecule has 0 fully saturated rings. The molecule has 0 aliphatic rings. The zero-order valence-electron chi connectivity index (χ0n) is 12.8. The van der Waals surface area contributed by atoms with Gasteiger partial charge in [-0.05, 0) is 24.9 Å². The summed E-state index contributed by atoms with van der Waals surface area (Å²) in [6.45, 7) is 14.5. The van der Waals surface area contributed by atoms with Crippen molar-refractivity contribution >= 4 is 17.9 Å². The van der Waals surface area contributed by atoms with Gasteiger partial charge in [0.1, 0.15) is 4.51 Å². The summed E-state index contributed by atoms with van der Waals surface area (Å²) < 4.78 is 0.475. The highest BCUT2D eigenvalue weighted by Crippen LogP contribution is 2.30. The first-order valence-electron chi connectivity index (χ1n) is 7.12. The summed E-state index contributed by atoms with van der Waals surface area (Å²) in [5.41, 5.74) is 1.68. The minimum atomic E-state index is -0.129. The molecule has 0 aromatic heterocycles. The second-order valence-electron chi connectivity index (χ2n) is 6.02. The minimum Gasteiger partial charge on any atom is -0.382 e. The Kier molecular flexibility index (Phi) is 5.68. The lowest BCUT2D eigenvalue weighted by Crippen LogP contribution is -2.34. The number of rotatable bonds is 7. The van der Waals surface area contributed by atoms with Gasteiger partial charge in [0, 0.05) is 18.7 Å². The van der Waals surface area contributed by atoms with Gasteiger partial charge < -0.3 is 10.2 Å². The summed E-state index contributed by atoms with van der Waals surface area (Å²) in [5, 5.41) is 3.36. The highest BCUT2D eigenvalue weighted by Gasteiger charge is 2.27. The second kappa shape index (κ2) is 6.62. The molecule has 0 atom stereocenters. The van der Waals surface area contributed by atoms with E-state index in [0.29, 0.717) is 4.51 Å². The molecule has 108 valence electrons.